The normalized spacial score (nSPS) is 14.6. The molecule has 0 aliphatic carbocycles. The lowest BCUT2D eigenvalue weighted by molar-refractivity contribution is -0.138. The third-order valence-electron chi connectivity index (χ3n) is 7.26. The molecule has 5 aromatic rings. The fourth-order valence-electron chi connectivity index (χ4n) is 5.18. The highest BCUT2D eigenvalue weighted by molar-refractivity contribution is 7.98. The third kappa shape index (κ3) is 6.68. The van der Waals surface area contributed by atoms with Gasteiger partial charge in [-0.2, -0.15) is 0 Å². The maximum atomic E-state index is 14.2. The predicted molar refractivity (Wildman–Crippen MR) is 182 cm³/mol. The minimum Gasteiger partial charge on any atom is -0.489 e. The molecule has 0 saturated heterocycles. The van der Waals surface area contributed by atoms with Crippen LogP contribution in [0.4, 0.5) is 0 Å². The van der Waals surface area contributed by atoms with E-state index in [1.54, 1.807) is 23.3 Å². The quantitative estimate of drug-likeness (QED) is 0.128. The first kappa shape index (κ1) is 30.6. The van der Waals surface area contributed by atoms with Gasteiger partial charge in [-0.3, -0.25) is 9.36 Å². The van der Waals surface area contributed by atoms with Crippen molar-refractivity contribution in [2.45, 2.75) is 24.5 Å². The summed E-state index contributed by atoms with van der Waals surface area (Å²) in [7, 11) is 0. The number of nitrogens with zero attached hydrogens (tertiary/aromatic N) is 2. The van der Waals surface area contributed by atoms with Crippen LogP contribution >= 0.6 is 34.7 Å². The highest BCUT2D eigenvalue weighted by atomic mass is 35.5. The lowest BCUT2D eigenvalue weighted by Crippen LogP contribution is -2.40. The minimum absolute atomic E-state index is 0.197. The van der Waals surface area contributed by atoms with Crippen LogP contribution in [0.1, 0.15) is 35.2 Å². The molecule has 0 spiro atoms. The third-order valence-corrected chi connectivity index (χ3v) is 9.22. The van der Waals surface area contributed by atoms with Gasteiger partial charge in [0.25, 0.3) is 5.56 Å². The van der Waals surface area contributed by atoms with Crippen molar-refractivity contribution in [1.29, 1.82) is 0 Å². The monoisotopic (exact) mass is 652 g/mol. The maximum Gasteiger partial charge on any atom is 0.338 e. The van der Waals surface area contributed by atoms with Crippen LogP contribution in [0.5, 0.6) is 5.75 Å². The first-order valence-corrected chi connectivity index (χ1v) is 16.8. The van der Waals surface area contributed by atoms with Crippen molar-refractivity contribution in [2.24, 2.45) is 4.99 Å². The molecule has 9 heteroatoms. The molecule has 226 valence electrons. The summed E-state index contributed by atoms with van der Waals surface area (Å²) in [6, 6.07) is 31.8. The number of fused-ring (bicyclic) bond motifs is 1. The van der Waals surface area contributed by atoms with E-state index in [2.05, 4.69) is 0 Å². The molecule has 1 aliphatic rings. The molecule has 0 fully saturated rings. The summed E-state index contributed by atoms with van der Waals surface area (Å²) in [5.41, 5.74) is 3.91. The molecule has 0 bridgehead atoms. The van der Waals surface area contributed by atoms with E-state index in [0.717, 1.165) is 27.1 Å². The Hall–Kier alpha value is -4.37. The Morgan fingerprint density at radius 1 is 1.00 bits per heavy atom. The van der Waals surface area contributed by atoms with Gasteiger partial charge in [0.1, 0.15) is 12.4 Å². The Morgan fingerprint density at radius 3 is 2.51 bits per heavy atom. The maximum absolute atomic E-state index is 14.2. The number of ether oxygens (including phenoxy) is 2. The average molecular weight is 653 g/mol. The van der Waals surface area contributed by atoms with Gasteiger partial charge >= 0.3 is 5.97 Å². The summed E-state index contributed by atoms with van der Waals surface area (Å²) in [5.74, 6) is 0.164. The zero-order valence-electron chi connectivity index (χ0n) is 24.6. The number of rotatable bonds is 9. The van der Waals surface area contributed by atoms with E-state index in [1.165, 1.54) is 11.3 Å². The van der Waals surface area contributed by atoms with Crippen LogP contribution in [-0.2, 0) is 16.1 Å². The largest absolute Gasteiger partial charge is 0.489 e. The van der Waals surface area contributed by atoms with Gasteiger partial charge in [-0.05, 0) is 72.3 Å². The molecule has 6 nitrogen and oxygen atoms in total. The second-order valence-electron chi connectivity index (χ2n) is 10.2. The second-order valence-corrected chi connectivity index (χ2v) is 12.5. The molecule has 0 radical (unpaired) electrons. The van der Waals surface area contributed by atoms with Crippen molar-refractivity contribution >= 4 is 52.4 Å². The lowest BCUT2D eigenvalue weighted by Gasteiger charge is -2.26. The van der Waals surface area contributed by atoms with Gasteiger partial charge in [0.15, 0.2) is 4.80 Å². The van der Waals surface area contributed by atoms with Crippen molar-refractivity contribution in [3.05, 3.63) is 156 Å². The summed E-state index contributed by atoms with van der Waals surface area (Å²) in [6.45, 7) is 2.33. The molecular formula is C36H29ClN2O4S2. The molecule has 0 saturated carbocycles. The molecule has 4 aromatic carbocycles. The van der Waals surface area contributed by atoms with Crippen LogP contribution in [-0.4, -0.2) is 23.4 Å². The fraction of sp³-hybridized carbons (Fsp3) is 0.139. The first-order valence-electron chi connectivity index (χ1n) is 14.3. The Labute approximate surface area is 274 Å². The minimum atomic E-state index is -0.721. The van der Waals surface area contributed by atoms with Gasteiger partial charge in [-0.1, -0.05) is 89.7 Å². The number of hydrogen-bond acceptors (Lipinski definition) is 7. The molecule has 0 N–H and O–H groups in total. The smallest absolute Gasteiger partial charge is 0.338 e. The van der Waals surface area contributed by atoms with Crippen molar-refractivity contribution in [3.8, 4) is 5.75 Å². The predicted octanol–water partition coefficient (Wildman–Crippen LogP) is 6.89. The fourth-order valence-corrected chi connectivity index (χ4v) is 6.80. The van der Waals surface area contributed by atoms with E-state index in [-0.39, 0.29) is 12.2 Å². The van der Waals surface area contributed by atoms with Crippen LogP contribution < -0.4 is 19.6 Å². The Kier molecular flexibility index (Phi) is 9.35. The number of carbonyl (C=O) groups excluding carboxylic acids is 1. The van der Waals surface area contributed by atoms with E-state index in [4.69, 9.17) is 26.1 Å². The molecule has 45 heavy (non-hydrogen) atoms. The summed E-state index contributed by atoms with van der Waals surface area (Å²) < 4.78 is 13.7. The van der Waals surface area contributed by atoms with Crippen molar-refractivity contribution in [2.75, 3.05) is 12.9 Å². The number of aromatic nitrogens is 1. The zero-order valence-corrected chi connectivity index (χ0v) is 27.0. The highest BCUT2D eigenvalue weighted by Crippen LogP contribution is 2.35. The topological polar surface area (TPSA) is 69.9 Å². The molecule has 1 aromatic heterocycles. The van der Waals surface area contributed by atoms with Crippen molar-refractivity contribution < 1.29 is 14.3 Å². The van der Waals surface area contributed by atoms with Crippen LogP contribution in [0.15, 0.2) is 123 Å². The number of benzene rings is 4. The summed E-state index contributed by atoms with van der Waals surface area (Å²) in [5, 5.41) is 0.653. The second kappa shape index (κ2) is 13.7. The number of thiazole rings is 1. The molecule has 0 unspecified atom stereocenters. The molecule has 0 amide bonds. The summed E-state index contributed by atoms with van der Waals surface area (Å²) >= 11 is 9.03. The van der Waals surface area contributed by atoms with Crippen molar-refractivity contribution in [3.63, 3.8) is 0 Å². The number of thioether (sulfide) groups is 1. The number of halogens is 1. The molecule has 6 rings (SSSR count). The Balaban J connectivity index is 1.47. The van der Waals surface area contributed by atoms with Crippen molar-refractivity contribution in [1.82, 2.24) is 4.57 Å². The van der Waals surface area contributed by atoms with E-state index in [1.807, 2.05) is 115 Å². The van der Waals surface area contributed by atoms with Gasteiger partial charge in [-0.25, -0.2) is 9.79 Å². The van der Waals surface area contributed by atoms with Gasteiger partial charge in [0.2, 0.25) is 0 Å². The first-order chi connectivity index (χ1) is 21.9. The number of esters is 1. The summed E-state index contributed by atoms with van der Waals surface area (Å²) in [4.78, 5) is 34.3. The number of hydrogen-bond donors (Lipinski definition) is 0. The molecule has 1 aliphatic heterocycles. The SMILES string of the molecule is CCOC(=O)C1=C(c2ccccc2)N=c2s/c(=C\c3cccc(OCc4cccc(Cl)c4)c3)c(=O)n2[C@@H]1c1ccc(SC)cc1. The molecule has 2 heterocycles. The standard InChI is InChI=1S/C36H29ClN2O4S2/c1-3-42-35(41)31-32(25-11-5-4-6-12-25)38-36-39(33(31)26-15-17-29(44-2)18-16-26)34(40)30(45-36)21-23-9-8-14-28(20-23)43-22-24-10-7-13-27(37)19-24/h4-21,33H,3,22H2,1-2H3/b30-21-/t33-/m1/s1. The zero-order chi connectivity index (χ0) is 31.3. The van der Waals surface area contributed by atoms with Gasteiger partial charge in [0.05, 0.1) is 28.5 Å². The van der Waals surface area contributed by atoms with Crippen LogP contribution in [0.2, 0.25) is 5.02 Å². The molecule has 1 atom stereocenters. The van der Waals surface area contributed by atoms with E-state index < -0.39 is 12.0 Å². The number of carbonyl (C=O) groups is 1. The van der Waals surface area contributed by atoms with Crippen LogP contribution in [0.25, 0.3) is 11.8 Å². The Morgan fingerprint density at radius 2 is 1.78 bits per heavy atom. The van der Waals surface area contributed by atoms with Gasteiger partial charge in [-0.15, -0.1) is 11.8 Å². The Bertz CT molecular complexity index is 2070. The van der Waals surface area contributed by atoms with E-state index in [9.17, 15) is 9.59 Å². The average Bonchev–Trinajstić information content (AvgIpc) is 3.37. The van der Waals surface area contributed by atoms with Gasteiger partial charge < -0.3 is 9.47 Å². The lowest BCUT2D eigenvalue weighted by atomic mass is 9.93. The van der Waals surface area contributed by atoms with E-state index >= 15 is 0 Å². The highest BCUT2D eigenvalue weighted by Gasteiger charge is 2.35. The van der Waals surface area contributed by atoms with Crippen LogP contribution in [0.3, 0.4) is 0 Å². The summed E-state index contributed by atoms with van der Waals surface area (Å²) in [6.07, 6.45) is 3.84. The molecular weight excluding hydrogens is 624 g/mol. The van der Waals surface area contributed by atoms with Crippen LogP contribution in [0, 0.1) is 0 Å². The van der Waals surface area contributed by atoms with Gasteiger partial charge in [0, 0.05) is 15.5 Å². The van der Waals surface area contributed by atoms with E-state index in [0.29, 0.717) is 38.0 Å².